The van der Waals surface area contributed by atoms with Crippen molar-refractivity contribution in [1.29, 1.82) is 0 Å². The maximum atomic E-state index is 5.52. The molecule has 1 aliphatic rings. The van der Waals surface area contributed by atoms with Crippen molar-refractivity contribution in [3.63, 3.8) is 0 Å². The minimum Gasteiger partial charge on any atom is -0.529 e. The van der Waals surface area contributed by atoms with Crippen LogP contribution in [0.25, 0.3) is 0 Å². The summed E-state index contributed by atoms with van der Waals surface area (Å²) in [4.78, 5) is 0. The van der Waals surface area contributed by atoms with Gasteiger partial charge in [-0.15, -0.1) is 5.57 Å². The molecule has 0 fully saturated rings. The fraction of sp³-hybridized carbons (Fsp3) is 0.556. The summed E-state index contributed by atoms with van der Waals surface area (Å²) >= 11 is 0. The van der Waals surface area contributed by atoms with Crippen LogP contribution in [0, 0.1) is 12.0 Å². The van der Waals surface area contributed by atoms with E-state index in [1.165, 1.54) is 0 Å². The van der Waals surface area contributed by atoms with Crippen LogP contribution in [-0.4, -0.2) is 12.6 Å². The van der Waals surface area contributed by atoms with Crippen molar-refractivity contribution in [2.24, 2.45) is 11.7 Å². The molecule has 1 rings (SSSR count). The molecule has 1 aliphatic heterocycles. The average Bonchev–Trinajstić information content (AvgIpc) is 1.96. The summed E-state index contributed by atoms with van der Waals surface area (Å²) in [5.41, 5.74) is 6.63. The molecule has 2 unspecified atom stereocenters. The van der Waals surface area contributed by atoms with E-state index in [1.54, 1.807) is 0 Å². The zero-order valence-corrected chi connectivity index (χ0v) is 10.5. The molecule has 0 saturated carbocycles. The Bertz CT molecular complexity index is 201. The molecular formula is C9H14NOY-. The summed E-state index contributed by atoms with van der Waals surface area (Å²) < 4.78 is 5.35. The topological polar surface area (TPSA) is 35.2 Å². The number of nitrogens with two attached hydrogens (primary N) is 1. The number of ether oxygens (including phenoxy) is 1. The van der Waals surface area contributed by atoms with Crippen molar-refractivity contribution in [3.05, 3.63) is 24.0 Å². The first-order valence-corrected chi connectivity index (χ1v) is 3.83. The van der Waals surface area contributed by atoms with Crippen molar-refractivity contribution in [3.8, 4) is 0 Å². The van der Waals surface area contributed by atoms with Crippen LogP contribution in [0.5, 0.6) is 0 Å². The van der Waals surface area contributed by atoms with Crippen LogP contribution in [0.4, 0.5) is 0 Å². The van der Waals surface area contributed by atoms with Crippen molar-refractivity contribution in [1.82, 2.24) is 0 Å². The van der Waals surface area contributed by atoms with Crippen molar-refractivity contribution in [2.45, 2.75) is 20.0 Å². The molecule has 0 spiro atoms. The third-order valence-corrected chi connectivity index (χ3v) is 2.10. The van der Waals surface area contributed by atoms with Crippen LogP contribution in [0.2, 0.25) is 0 Å². The molecule has 1 heterocycles. The van der Waals surface area contributed by atoms with Gasteiger partial charge in [0.1, 0.15) is 0 Å². The Hall–Kier alpha value is 0.344. The molecule has 0 aromatic heterocycles. The van der Waals surface area contributed by atoms with Crippen molar-refractivity contribution < 1.29 is 37.4 Å². The molecular weight excluding hydrogens is 227 g/mol. The van der Waals surface area contributed by atoms with E-state index in [4.69, 9.17) is 10.5 Å². The molecule has 0 aromatic carbocycles. The van der Waals surface area contributed by atoms with Crippen LogP contribution >= 0.6 is 0 Å². The van der Waals surface area contributed by atoms with Gasteiger partial charge in [-0.25, -0.2) is 12.7 Å². The van der Waals surface area contributed by atoms with Gasteiger partial charge in [-0.05, 0) is 19.4 Å². The van der Waals surface area contributed by atoms with E-state index in [0.29, 0.717) is 18.2 Å². The Morgan fingerprint density at radius 1 is 1.58 bits per heavy atom. The Labute approximate surface area is 99.1 Å². The monoisotopic (exact) mass is 241 g/mol. The molecule has 12 heavy (non-hydrogen) atoms. The Morgan fingerprint density at radius 3 is 2.67 bits per heavy atom. The van der Waals surface area contributed by atoms with Gasteiger partial charge in [-0.2, -0.15) is 0 Å². The van der Waals surface area contributed by atoms with Gasteiger partial charge in [-0.1, -0.05) is 12.7 Å². The smallest absolute Gasteiger partial charge is 0.0960 e. The van der Waals surface area contributed by atoms with Gasteiger partial charge in [-0.3, -0.25) is 0 Å². The average molecular weight is 241 g/mol. The third-order valence-electron chi connectivity index (χ3n) is 2.10. The predicted molar refractivity (Wildman–Crippen MR) is 44.7 cm³/mol. The van der Waals surface area contributed by atoms with E-state index in [0.717, 1.165) is 5.57 Å². The second-order valence-electron chi connectivity index (χ2n) is 2.89. The quantitative estimate of drug-likeness (QED) is 0.701. The third kappa shape index (κ3) is 2.68. The van der Waals surface area contributed by atoms with Gasteiger partial charge in [0.05, 0.1) is 6.10 Å². The zero-order valence-electron chi connectivity index (χ0n) is 7.63. The predicted octanol–water partition coefficient (Wildman–Crippen LogP) is 1.24. The van der Waals surface area contributed by atoms with Crippen LogP contribution in [0.15, 0.2) is 17.9 Å². The maximum Gasteiger partial charge on any atom is 0.0960 e. The SMILES string of the molecule is C=C1[C-]=C(CN)C(C)C(C)O1.[Y]. The molecule has 1 radical (unpaired) electrons. The number of hydrogen-bond donors (Lipinski definition) is 1. The molecule has 0 saturated heterocycles. The zero-order chi connectivity index (χ0) is 8.43. The first kappa shape index (κ1) is 12.3. The van der Waals surface area contributed by atoms with Gasteiger partial charge in [0.15, 0.2) is 0 Å². The molecule has 0 aliphatic carbocycles. The van der Waals surface area contributed by atoms with Crippen LogP contribution in [0.3, 0.4) is 0 Å². The van der Waals surface area contributed by atoms with Crippen LogP contribution < -0.4 is 5.73 Å². The van der Waals surface area contributed by atoms with Crippen molar-refractivity contribution in [2.75, 3.05) is 6.54 Å². The maximum absolute atomic E-state index is 5.52. The van der Waals surface area contributed by atoms with E-state index in [1.807, 2.05) is 6.92 Å². The molecule has 3 heteroatoms. The Balaban J connectivity index is 0.00000121. The van der Waals surface area contributed by atoms with E-state index < -0.39 is 0 Å². The van der Waals surface area contributed by atoms with Gasteiger partial charge in [0.25, 0.3) is 0 Å². The Morgan fingerprint density at radius 2 is 2.17 bits per heavy atom. The molecule has 65 valence electrons. The molecule has 0 bridgehead atoms. The number of hydrogen-bond acceptors (Lipinski definition) is 2. The molecule has 0 amide bonds. The van der Waals surface area contributed by atoms with Gasteiger partial charge < -0.3 is 10.5 Å². The fourth-order valence-corrected chi connectivity index (χ4v) is 1.17. The van der Waals surface area contributed by atoms with Gasteiger partial charge in [0.2, 0.25) is 0 Å². The van der Waals surface area contributed by atoms with Gasteiger partial charge >= 0.3 is 0 Å². The van der Waals surface area contributed by atoms with E-state index in [9.17, 15) is 0 Å². The summed E-state index contributed by atoms with van der Waals surface area (Å²) in [6.45, 7) is 8.35. The summed E-state index contributed by atoms with van der Waals surface area (Å²) in [6, 6.07) is 0. The van der Waals surface area contributed by atoms with E-state index >= 15 is 0 Å². The van der Waals surface area contributed by atoms with Crippen LogP contribution in [0.1, 0.15) is 13.8 Å². The van der Waals surface area contributed by atoms with Crippen LogP contribution in [-0.2, 0) is 37.4 Å². The largest absolute Gasteiger partial charge is 0.529 e. The fourth-order valence-electron chi connectivity index (χ4n) is 1.17. The molecule has 2 nitrogen and oxygen atoms in total. The summed E-state index contributed by atoms with van der Waals surface area (Å²) in [6.07, 6.45) is 3.20. The normalized spacial score (nSPS) is 28.6. The van der Waals surface area contributed by atoms with Gasteiger partial charge in [0, 0.05) is 32.7 Å². The number of allylic oxidation sites excluding steroid dienone is 1. The second kappa shape index (κ2) is 5.16. The minimum atomic E-state index is 0. The molecule has 2 N–H and O–H groups in total. The van der Waals surface area contributed by atoms with Crippen molar-refractivity contribution >= 4 is 0 Å². The first-order valence-electron chi connectivity index (χ1n) is 3.83. The first-order chi connectivity index (χ1) is 5.15. The molecule has 2 atom stereocenters. The summed E-state index contributed by atoms with van der Waals surface area (Å²) in [5.74, 6) is 0.974. The summed E-state index contributed by atoms with van der Waals surface area (Å²) in [7, 11) is 0. The summed E-state index contributed by atoms with van der Waals surface area (Å²) in [5, 5.41) is 0. The Kier molecular flexibility index (Phi) is 5.30. The van der Waals surface area contributed by atoms with E-state index in [-0.39, 0.29) is 38.8 Å². The van der Waals surface area contributed by atoms with E-state index in [2.05, 4.69) is 19.6 Å². The molecule has 0 aromatic rings. The minimum absolute atomic E-state index is 0. The second-order valence-corrected chi connectivity index (χ2v) is 2.89. The number of rotatable bonds is 1. The standard InChI is InChI=1S/C9H14NO.Y/c1-6-4-9(5-10)7(2)8(3)11-6;/h7-8H,1,5,10H2,2-3H3;/q-1;.